The number of aliphatic hydroxyl groups is 1. The number of rotatable bonds is 5. The van der Waals surface area contributed by atoms with Gasteiger partial charge in [-0.25, -0.2) is 9.36 Å². The van der Waals surface area contributed by atoms with Gasteiger partial charge in [-0.1, -0.05) is 0 Å². The maximum atomic E-state index is 11.8. The van der Waals surface area contributed by atoms with Crippen molar-refractivity contribution in [2.24, 2.45) is 0 Å². The van der Waals surface area contributed by atoms with Crippen molar-refractivity contribution in [3.8, 4) is 0 Å². The predicted octanol–water partition coefficient (Wildman–Crippen LogP) is -0.717. The summed E-state index contributed by atoms with van der Waals surface area (Å²) in [4.78, 5) is 32.7. The Morgan fingerprint density at radius 2 is 2.32 bits per heavy atom. The van der Waals surface area contributed by atoms with Gasteiger partial charge in [0.15, 0.2) is 0 Å². The van der Waals surface area contributed by atoms with Crippen molar-refractivity contribution >= 4 is 13.6 Å². The van der Waals surface area contributed by atoms with E-state index in [0.717, 1.165) is 0 Å². The number of phosphoric ester groups is 1. The summed E-state index contributed by atoms with van der Waals surface area (Å²) in [7, 11) is -4.58. The monoisotopic (exact) mass is 335 g/mol. The van der Waals surface area contributed by atoms with Crippen molar-refractivity contribution in [1.29, 1.82) is 0 Å². The molecule has 1 fully saturated rings. The zero-order valence-electron chi connectivity index (χ0n) is 11.9. The molecule has 5 N–H and O–H groups in total. The van der Waals surface area contributed by atoms with E-state index in [1.165, 1.54) is 10.8 Å². The first-order valence-corrected chi connectivity index (χ1v) is 8.02. The number of anilines is 1. The lowest BCUT2D eigenvalue weighted by Gasteiger charge is -2.20. The van der Waals surface area contributed by atoms with Crippen molar-refractivity contribution in [2.75, 3.05) is 18.9 Å². The molecular formula is C11H18N3O7P. The Hall–Kier alpha value is -1.29. The number of phosphoric acid groups is 1. The molecule has 1 unspecified atom stereocenters. The van der Waals surface area contributed by atoms with Gasteiger partial charge in [-0.05, 0) is 6.92 Å². The molecule has 11 heteroatoms. The summed E-state index contributed by atoms with van der Waals surface area (Å²) in [5.41, 5.74) is 4.21. The van der Waals surface area contributed by atoms with Crippen molar-refractivity contribution in [3.05, 3.63) is 22.2 Å². The van der Waals surface area contributed by atoms with E-state index in [4.69, 9.17) is 20.3 Å². The molecule has 124 valence electrons. The van der Waals surface area contributed by atoms with E-state index in [2.05, 4.69) is 9.51 Å². The normalized spacial score (nSPS) is 25.5. The Kier molecular flexibility index (Phi) is 4.71. The minimum absolute atomic E-state index is 0.0370. The maximum Gasteiger partial charge on any atom is 0.469 e. The topological polar surface area (TPSA) is 157 Å². The van der Waals surface area contributed by atoms with E-state index in [0.29, 0.717) is 5.56 Å². The van der Waals surface area contributed by atoms with Crippen LogP contribution in [0.1, 0.15) is 24.6 Å². The van der Waals surface area contributed by atoms with Gasteiger partial charge < -0.3 is 25.4 Å². The first-order valence-electron chi connectivity index (χ1n) is 6.49. The zero-order chi connectivity index (χ0) is 16.5. The van der Waals surface area contributed by atoms with Crippen molar-refractivity contribution in [1.82, 2.24) is 9.55 Å². The molecule has 1 saturated heterocycles. The average Bonchev–Trinajstić information content (AvgIpc) is 2.75. The van der Waals surface area contributed by atoms with Crippen LogP contribution in [0, 0.1) is 6.92 Å². The van der Waals surface area contributed by atoms with Crippen LogP contribution < -0.4 is 11.4 Å². The Balaban J connectivity index is 2.04. The highest BCUT2D eigenvalue weighted by atomic mass is 31.2. The van der Waals surface area contributed by atoms with E-state index in [-0.39, 0.29) is 31.9 Å². The number of ether oxygens (including phenoxy) is 1. The van der Waals surface area contributed by atoms with Gasteiger partial charge in [-0.3, -0.25) is 9.09 Å². The Morgan fingerprint density at radius 1 is 1.64 bits per heavy atom. The molecule has 0 radical (unpaired) electrons. The minimum Gasteiger partial charge on any atom is -0.387 e. The Bertz CT molecular complexity index is 658. The minimum atomic E-state index is -4.58. The molecule has 2 atom stereocenters. The molecular weight excluding hydrogens is 317 g/mol. The molecule has 2 rings (SSSR count). The van der Waals surface area contributed by atoms with E-state index in [1.54, 1.807) is 6.92 Å². The summed E-state index contributed by atoms with van der Waals surface area (Å²) < 4.78 is 21.5. The first kappa shape index (κ1) is 17.1. The van der Waals surface area contributed by atoms with Crippen LogP contribution in [0.25, 0.3) is 0 Å². The fourth-order valence-electron chi connectivity index (χ4n) is 2.19. The van der Waals surface area contributed by atoms with Gasteiger partial charge in [0, 0.05) is 24.6 Å². The maximum absolute atomic E-state index is 11.8. The number of nitrogens with two attached hydrogens (primary N) is 1. The Labute approximate surface area is 125 Å². The summed E-state index contributed by atoms with van der Waals surface area (Å²) in [6.45, 7) is 1.27. The molecule has 22 heavy (non-hydrogen) atoms. The first-order chi connectivity index (χ1) is 10.1. The molecule has 10 nitrogen and oxygen atoms in total. The Morgan fingerprint density at radius 3 is 2.95 bits per heavy atom. The number of aromatic nitrogens is 2. The van der Waals surface area contributed by atoms with Crippen LogP contribution in [0.3, 0.4) is 0 Å². The van der Waals surface area contributed by atoms with Crippen molar-refractivity contribution in [3.63, 3.8) is 0 Å². The fraction of sp³-hybridized carbons (Fsp3) is 0.636. The zero-order valence-corrected chi connectivity index (χ0v) is 12.8. The van der Waals surface area contributed by atoms with Gasteiger partial charge in [0.25, 0.3) is 0 Å². The lowest BCUT2D eigenvalue weighted by atomic mass is 9.99. The molecule has 0 spiro atoms. The molecule has 0 aliphatic carbocycles. The van der Waals surface area contributed by atoms with Gasteiger partial charge in [-0.15, -0.1) is 0 Å². The van der Waals surface area contributed by atoms with Crippen LogP contribution in [0.2, 0.25) is 0 Å². The predicted molar refractivity (Wildman–Crippen MR) is 74.8 cm³/mol. The smallest absolute Gasteiger partial charge is 0.387 e. The summed E-state index contributed by atoms with van der Waals surface area (Å²) >= 11 is 0. The van der Waals surface area contributed by atoms with Gasteiger partial charge in [0.2, 0.25) is 0 Å². The highest BCUT2D eigenvalue weighted by molar-refractivity contribution is 7.46. The highest BCUT2D eigenvalue weighted by Gasteiger charge is 2.40. The molecule has 0 aromatic carbocycles. The number of nitrogen functional groups attached to an aromatic ring is 1. The second kappa shape index (κ2) is 6.07. The largest absolute Gasteiger partial charge is 0.469 e. The molecule has 0 bridgehead atoms. The van der Waals surface area contributed by atoms with E-state index >= 15 is 0 Å². The molecule has 1 aliphatic rings. The number of aryl methyl sites for hydroxylation is 1. The third kappa shape index (κ3) is 4.13. The van der Waals surface area contributed by atoms with Crippen LogP contribution in [0.4, 0.5) is 5.82 Å². The number of hydrogen-bond donors (Lipinski definition) is 4. The van der Waals surface area contributed by atoms with Gasteiger partial charge in [0.05, 0.1) is 18.8 Å². The van der Waals surface area contributed by atoms with Gasteiger partial charge in [-0.2, -0.15) is 4.98 Å². The number of hydrogen-bond acceptors (Lipinski definition) is 7. The van der Waals surface area contributed by atoms with Crippen LogP contribution >= 0.6 is 7.82 Å². The molecule has 1 aromatic heterocycles. The second-order valence-corrected chi connectivity index (χ2v) is 6.51. The summed E-state index contributed by atoms with van der Waals surface area (Å²) in [5, 5.41) is 10.3. The molecule has 1 aromatic rings. The lowest BCUT2D eigenvalue weighted by Crippen LogP contribution is -2.32. The third-order valence-corrected chi connectivity index (χ3v) is 3.93. The number of nitrogens with zero attached hydrogens (tertiary/aromatic N) is 2. The van der Waals surface area contributed by atoms with Gasteiger partial charge in [0.1, 0.15) is 12.0 Å². The average molecular weight is 335 g/mol. The molecule has 2 heterocycles. The molecule has 1 aliphatic heterocycles. The van der Waals surface area contributed by atoms with E-state index in [9.17, 15) is 14.5 Å². The third-order valence-electron chi connectivity index (χ3n) is 3.41. The van der Waals surface area contributed by atoms with E-state index in [1.807, 2.05) is 0 Å². The van der Waals surface area contributed by atoms with Crippen LogP contribution in [0.15, 0.2) is 11.0 Å². The second-order valence-electron chi connectivity index (χ2n) is 5.27. The van der Waals surface area contributed by atoms with Gasteiger partial charge >= 0.3 is 13.5 Å². The summed E-state index contributed by atoms with van der Waals surface area (Å²) in [6.07, 6.45) is 0.805. The van der Waals surface area contributed by atoms with Crippen molar-refractivity contribution < 1.29 is 28.7 Å². The standard InChI is InChI=1S/C11H18N3O7P/c1-7-5-14(10(15)13-9(7)12)8-4-11(16,6-20-8)2-3-21-22(17,18)19/h5,8,16H,2-4,6H2,1H3,(H2,12,13,15)(H2,17,18,19)/t8-,11?/m1/s1. The van der Waals surface area contributed by atoms with Crippen molar-refractivity contribution in [2.45, 2.75) is 31.6 Å². The molecule has 0 saturated carbocycles. The van der Waals surface area contributed by atoms with E-state index < -0.39 is 25.3 Å². The quantitative estimate of drug-likeness (QED) is 0.510. The highest BCUT2D eigenvalue weighted by Crippen LogP contribution is 2.38. The summed E-state index contributed by atoms with van der Waals surface area (Å²) in [5.74, 6) is 0.129. The molecule has 0 amide bonds. The van der Waals surface area contributed by atoms with Crippen LogP contribution in [-0.2, 0) is 13.8 Å². The lowest BCUT2D eigenvalue weighted by molar-refractivity contribution is -0.00231. The fourth-order valence-corrected chi connectivity index (χ4v) is 2.52. The SMILES string of the molecule is Cc1cn([C@H]2CC(O)(CCOP(=O)(O)O)CO2)c(=O)nc1N. The van der Waals surface area contributed by atoms with Crippen LogP contribution in [-0.4, -0.2) is 43.3 Å². The van der Waals surface area contributed by atoms with Crippen LogP contribution in [0.5, 0.6) is 0 Å². The summed E-state index contributed by atoms with van der Waals surface area (Å²) in [6, 6.07) is 0.